The summed E-state index contributed by atoms with van der Waals surface area (Å²) in [7, 11) is 0. The van der Waals surface area contributed by atoms with Crippen LogP contribution in [0.25, 0.3) is 229 Å². The number of benzene rings is 20. The lowest BCUT2D eigenvalue weighted by Crippen LogP contribution is -2.26. The summed E-state index contributed by atoms with van der Waals surface area (Å²) >= 11 is 3.82. The van der Waals surface area contributed by atoms with Crippen molar-refractivity contribution in [1.29, 1.82) is 0 Å². The van der Waals surface area contributed by atoms with E-state index in [2.05, 4.69) is 457 Å². The molecule has 20 aromatic carbocycles. The standard InChI is InChI=1S/C145H122S2/c1-11-13-15-17-19-35-73-145(74-36-20-18-16-14-12-2)131-87-123-129(143(7,8)133-83-119(105-41-27-29-45-115(105)139(123)133)93-53-49-91(50-54-93)117-75-95(57-65-103(117)89-37-23-21-24-38-89)99-61-69-111-113-71-63-101(81-137(113)146-135(111)79-99)97-59-67-109-107-43-31-33-47-125(107)141(3,4)127(109)77-97)85-121(131)122-86-130-124(88-132(122)145)140-116-46-30-28-42-106(116)120(84-134(140)144(130,9)10)94-55-51-92(52-56-94)118-76-96(58-66-104(118)90-39-25-22-26-40-90)100-62-70-112-114-72-64-102(82-138(114)147-136(112)80-100)98-60-68-110-108-44-32-34-48-126(108)142(5,6)128(110)78-98/h21-34,37-72,75-88H,11-20,35-36,73-74H2,1-10H3. The number of rotatable bonds is 24. The maximum atomic E-state index is 2.81. The minimum atomic E-state index is -0.308. The zero-order chi connectivity index (χ0) is 99.1. The molecule has 0 bridgehead atoms. The van der Waals surface area contributed by atoms with Gasteiger partial charge in [-0.25, -0.2) is 0 Å². The van der Waals surface area contributed by atoms with Gasteiger partial charge in [-0.1, -0.05) is 450 Å². The zero-order valence-electron chi connectivity index (χ0n) is 86.2. The Morgan fingerprint density at radius 1 is 0.156 bits per heavy atom. The second-order valence-corrected chi connectivity index (χ2v) is 47.5. The molecule has 0 spiro atoms. The molecule has 2 heteroatoms. The lowest BCUT2D eigenvalue weighted by atomic mass is 9.69. The molecule has 0 nitrogen and oxygen atoms in total. The molecule has 2 heterocycles. The number of unbranched alkanes of at least 4 members (excludes halogenated alkanes) is 10. The zero-order valence-corrected chi connectivity index (χ0v) is 87.8. The van der Waals surface area contributed by atoms with Gasteiger partial charge in [-0.05, 0) is 342 Å². The molecule has 22 aromatic rings. The summed E-state index contributed by atoms with van der Waals surface area (Å²) in [6.07, 6.45) is 17.5. The monoisotopic (exact) mass is 1930 g/mol. The first-order chi connectivity index (χ1) is 71.8. The van der Waals surface area contributed by atoms with Crippen LogP contribution in [0.5, 0.6) is 0 Å². The summed E-state index contributed by atoms with van der Waals surface area (Å²) in [6, 6.07) is 152. The van der Waals surface area contributed by atoms with Crippen molar-refractivity contribution < 1.29 is 0 Å². The summed E-state index contributed by atoms with van der Waals surface area (Å²) < 4.78 is 5.25. The van der Waals surface area contributed by atoms with E-state index in [0.717, 1.165) is 12.8 Å². The predicted molar refractivity (Wildman–Crippen MR) is 634 cm³/mol. The molecule has 0 aliphatic heterocycles. The van der Waals surface area contributed by atoms with Gasteiger partial charge in [0.15, 0.2) is 0 Å². The van der Waals surface area contributed by atoms with Crippen molar-refractivity contribution in [3.63, 3.8) is 0 Å². The van der Waals surface area contributed by atoms with Crippen LogP contribution in [0.4, 0.5) is 0 Å². The van der Waals surface area contributed by atoms with Crippen LogP contribution in [0.15, 0.2) is 388 Å². The third kappa shape index (κ3) is 14.6. The van der Waals surface area contributed by atoms with Gasteiger partial charge in [0.2, 0.25) is 0 Å². The summed E-state index contributed by atoms with van der Waals surface area (Å²) in [5.74, 6) is 0. The third-order valence-corrected chi connectivity index (χ3v) is 37.8. The van der Waals surface area contributed by atoms with Crippen LogP contribution in [-0.4, -0.2) is 0 Å². The van der Waals surface area contributed by atoms with Gasteiger partial charge < -0.3 is 0 Å². The first kappa shape index (κ1) is 91.1. The molecule has 714 valence electrons. The molecule has 5 aliphatic carbocycles. The van der Waals surface area contributed by atoms with Crippen molar-refractivity contribution in [3.8, 4) is 167 Å². The minimum Gasteiger partial charge on any atom is -0.135 e. The van der Waals surface area contributed by atoms with Crippen LogP contribution in [0.1, 0.15) is 215 Å². The summed E-state index contributed by atoms with van der Waals surface area (Å²) in [6.45, 7) is 24.4. The van der Waals surface area contributed by atoms with Crippen molar-refractivity contribution >= 4 is 84.6 Å². The number of thiophene rings is 2. The van der Waals surface area contributed by atoms with E-state index in [1.807, 2.05) is 22.7 Å². The Bertz CT molecular complexity index is 8620. The fourth-order valence-corrected chi connectivity index (χ4v) is 29.9. The molecule has 147 heavy (non-hydrogen) atoms. The summed E-state index contributed by atoms with van der Waals surface area (Å²) in [4.78, 5) is 0. The normalized spacial score (nSPS) is 14.6. The van der Waals surface area contributed by atoms with Gasteiger partial charge in [-0.15, -0.1) is 22.7 Å². The van der Waals surface area contributed by atoms with Gasteiger partial charge in [0.05, 0.1) is 0 Å². The number of hydrogen-bond donors (Lipinski definition) is 0. The van der Waals surface area contributed by atoms with E-state index in [1.54, 1.807) is 11.1 Å². The molecule has 0 saturated heterocycles. The minimum absolute atomic E-state index is 0.0531. The number of hydrogen-bond acceptors (Lipinski definition) is 2. The van der Waals surface area contributed by atoms with Gasteiger partial charge in [0.1, 0.15) is 0 Å². The smallest absolute Gasteiger partial charge is 0.0361 e. The SMILES string of the molecule is CCCCCCCCC1(CCCCCCCC)c2cc3c(cc2-c2cc4c(cc21)-c1c(cc(-c2ccc(-c5cc(-c6ccc7c(c6)sc6cc(-c8ccc9c(c8)C(C)(C)c8ccccc8-9)ccc67)ccc5-c5ccccc5)cc2)c2ccccc12)C4(C)C)C(C)(C)c1cc(-c2ccc(-c4cc(-c5ccc6c(c5)sc5cc(-c7ccc8c(c7)C(C)(C)c7ccccc7-8)ccc56)ccc4-c4ccccc4)cc2)c2ccccc2c1-3. The Morgan fingerprint density at radius 2 is 0.415 bits per heavy atom. The van der Waals surface area contributed by atoms with E-state index >= 15 is 0 Å². The Balaban J connectivity index is 0.525. The Morgan fingerprint density at radius 3 is 0.789 bits per heavy atom. The fraction of sp³-hybridized carbons (Fsp3) is 0.200. The first-order valence-corrected chi connectivity index (χ1v) is 56.0. The van der Waals surface area contributed by atoms with E-state index in [-0.39, 0.29) is 27.1 Å². The third-order valence-electron chi connectivity index (χ3n) is 35.5. The van der Waals surface area contributed by atoms with Crippen LogP contribution in [0, 0.1) is 0 Å². The quantitative estimate of drug-likeness (QED) is 0.0529. The molecule has 0 unspecified atom stereocenters. The lowest BCUT2D eigenvalue weighted by Gasteiger charge is -2.34. The van der Waals surface area contributed by atoms with Crippen LogP contribution < -0.4 is 0 Å². The van der Waals surface area contributed by atoms with E-state index < -0.39 is 0 Å². The highest BCUT2D eigenvalue weighted by Crippen LogP contribution is 2.65. The second kappa shape index (κ2) is 35.3. The highest BCUT2D eigenvalue weighted by Gasteiger charge is 2.50. The maximum absolute atomic E-state index is 2.81. The molecule has 0 N–H and O–H groups in total. The van der Waals surface area contributed by atoms with Crippen molar-refractivity contribution in [2.75, 3.05) is 0 Å². The molecule has 27 rings (SSSR count). The van der Waals surface area contributed by atoms with Crippen LogP contribution in [0.3, 0.4) is 0 Å². The molecule has 0 radical (unpaired) electrons. The molecule has 0 saturated carbocycles. The van der Waals surface area contributed by atoms with Crippen molar-refractivity contribution in [2.24, 2.45) is 0 Å². The molecule has 0 amide bonds. The van der Waals surface area contributed by atoms with E-state index in [1.165, 1.54) is 350 Å². The summed E-state index contributed by atoms with van der Waals surface area (Å²) in [5, 5.41) is 10.5. The molecule has 0 fully saturated rings. The van der Waals surface area contributed by atoms with Crippen molar-refractivity contribution in [2.45, 2.75) is 186 Å². The van der Waals surface area contributed by atoms with Gasteiger partial charge in [0, 0.05) is 67.4 Å². The van der Waals surface area contributed by atoms with Gasteiger partial charge in [-0.2, -0.15) is 0 Å². The van der Waals surface area contributed by atoms with Crippen LogP contribution in [0.2, 0.25) is 0 Å². The van der Waals surface area contributed by atoms with E-state index in [0.29, 0.717) is 0 Å². The summed E-state index contributed by atoms with van der Waals surface area (Å²) in [5.41, 5.74) is 52.4. The number of fused-ring (bicyclic) bond motifs is 25. The Hall–Kier alpha value is -14.6. The average Bonchev–Trinajstić information content (AvgIpc) is 1.51. The second-order valence-electron chi connectivity index (χ2n) is 45.4. The Kier molecular flexibility index (Phi) is 21.9. The first-order valence-electron chi connectivity index (χ1n) is 54.3. The van der Waals surface area contributed by atoms with Crippen LogP contribution in [-0.2, 0) is 27.1 Å². The lowest BCUT2D eigenvalue weighted by molar-refractivity contribution is 0.398. The molecular weight excluding hydrogens is 1810 g/mol. The highest BCUT2D eigenvalue weighted by molar-refractivity contribution is 7.26. The fourth-order valence-electron chi connectivity index (χ4n) is 27.6. The van der Waals surface area contributed by atoms with E-state index in [4.69, 9.17) is 0 Å². The molecular formula is C145H122S2. The van der Waals surface area contributed by atoms with Crippen LogP contribution >= 0.6 is 22.7 Å². The molecule has 2 aromatic heterocycles. The maximum Gasteiger partial charge on any atom is 0.0361 e. The van der Waals surface area contributed by atoms with E-state index in [9.17, 15) is 0 Å². The Labute approximate surface area is 874 Å². The molecule has 5 aliphatic rings. The topological polar surface area (TPSA) is 0 Å². The predicted octanol–water partition coefficient (Wildman–Crippen LogP) is 42.4. The van der Waals surface area contributed by atoms with Gasteiger partial charge in [-0.3, -0.25) is 0 Å². The van der Waals surface area contributed by atoms with Gasteiger partial charge >= 0.3 is 0 Å². The van der Waals surface area contributed by atoms with Crippen molar-refractivity contribution in [1.82, 2.24) is 0 Å². The highest BCUT2D eigenvalue weighted by atomic mass is 32.1. The average molecular weight is 1930 g/mol. The van der Waals surface area contributed by atoms with Gasteiger partial charge in [0.25, 0.3) is 0 Å². The largest absolute Gasteiger partial charge is 0.135 e. The van der Waals surface area contributed by atoms with Crippen molar-refractivity contribution in [3.05, 3.63) is 444 Å². The molecule has 0 atom stereocenters.